The van der Waals surface area contributed by atoms with E-state index in [9.17, 15) is 16.8 Å². The van der Waals surface area contributed by atoms with Gasteiger partial charge in [-0.25, -0.2) is 13.4 Å². The number of hydrogen-bond donors (Lipinski definition) is 4. The first-order chi connectivity index (χ1) is 11.1. The zero-order valence-electron chi connectivity index (χ0n) is 12.2. The standard InChI is InChI=1S/C11H13ClN6O4S2/c1-14-11-15-9(12)6-10(16-11)17-24(21,22)18-23(19,20)8-4-2-7(13)3-5-8/h2-6,18H,13H2,1H3,(H2,14,15,16,17). The van der Waals surface area contributed by atoms with Crippen LogP contribution < -0.4 is 19.9 Å². The Bertz CT molecular complexity index is 947. The lowest BCUT2D eigenvalue weighted by molar-refractivity contribution is 0.579. The van der Waals surface area contributed by atoms with Gasteiger partial charge in [-0.3, -0.25) is 4.72 Å². The Kier molecular flexibility index (Phi) is 5.13. The maximum atomic E-state index is 12.1. The van der Waals surface area contributed by atoms with Gasteiger partial charge >= 0.3 is 10.2 Å². The van der Waals surface area contributed by atoms with Gasteiger partial charge in [-0.2, -0.15) is 13.4 Å². The number of anilines is 3. The summed E-state index contributed by atoms with van der Waals surface area (Å²) in [6, 6.07) is 6.13. The SMILES string of the molecule is CNc1nc(Cl)cc(NS(=O)(=O)NS(=O)(=O)c2ccc(N)cc2)n1. The molecule has 0 spiro atoms. The molecular weight excluding hydrogens is 380 g/mol. The zero-order chi connectivity index (χ0) is 18.0. The third kappa shape index (κ3) is 4.67. The monoisotopic (exact) mass is 392 g/mol. The molecule has 0 radical (unpaired) electrons. The van der Waals surface area contributed by atoms with Crippen LogP contribution in [0.3, 0.4) is 0 Å². The third-order valence-corrected chi connectivity index (χ3v) is 5.89. The van der Waals surface area contributed by atoms with Crippen LogP contribution in [0.5, 0.6) is 0 Å². The summed E-state index contributed by atoms with van der Waals surface area (Å²) in [6.07, 6.45) is 0. The van der Waals surface area contributed by atoms with Crippen molar-refractivity contribution >= 4 is 49.3 Å². The highest BCUT2D eigenvalue weighted by molar-refractivity contribution is 8.05. The molecule has 0 aliphatic rings. The fraction of sp³-hybridized carbons (Fsp3) is 0.0909. The molecule has 0 saturated heterocycles. The Labute approximate surface area is 143 Å². The second-order valence-electron chi connectivity index (χ2n) is 4.41. The Hall–Kier alpha value is -2.15. The van der Waals surface area contributed by atoms with Crippen molar-refractivity contribution in [1.82, 2.24) is 14.1 Å². The number of nitrogens with zero attached hydrogens (tertiary/aromatic N) is 2. The maximum Gasteiger partial charge on any atom is 0.313 e. The normalized spacial score (nSPS) is 11.9. The quantitative estimate of drug-likeness (QED) is 0.406. The molecule has 2 aromatic rings. The number of benzene rings is 1. The van der Waals surface area contributed by atoms with E-state index < -0.39 is 20.2 Å². The summed E-state index contributed by atoms with van der Waals surface area (Å²) in [6.45, 7) is 0. The van der Waals surface area contributed by atoms with Crippen molar-refractivity contribution < 1.29 is 16.8 Å². The molecule has 1 aromatic carbocycles. The van der Waals surface area contributed by atoms with Crippen LogP contribution in [0, 0.1) is 0 Å². The van der Waals surface area contributed by atoms with Crippen LogP contribution >= 0.6 is 11.6 Å². The zero-order valence-corrected chi connectivity index (χ0v) is 14.6. The van der Waals surface area contributed by atoms with Gasteiger partial charge in [-0.1, -0.05) is 15.7 Å². The van der Waals surface area contributed by atoms with Gasteiger partial charge in [0.1, 0.15) is 11.0 Å². The average molecular weight is 393 g/mol. The van der Waals surface area contributed by atoms with E-state index >= 15 is 0 Å². The molecule has 0 aliphatic heterocycles. The Morgan fingerprint density at radius 1 is 1.08 bits per heavy atom. The van der Waals surface area contributed by atoms with Gasteiger partial charge in [0, 0.05) is 18.8 Å². The predicted octanol–water partition coefficient (Wildman–Crippen LogP) is 0.389. The molecule has 13 heteroatoms. The Morgan fingerprint density at radius 2 is 1.71 bits per heavy atom. The number of rotatable bonds is 6. The molecule has 0 fully saturated rings. The maximum absolute atomic E-state index is 12.1. The largest absolute Gasteiger partial charge is 0.399 e. The van der Waals surface area contributed by atoms with Gasteiger partial charge in [0.2, 0.25) is 5.95 Å². The first-order valence-corrected chi connectivity index (χ1v) is 9.60. The van der Waals surface area contributed by atoms with Crippen molar-refractivity contribution in [3.05, 3.63) is 35.5 Å². The van der Waals surface area contributed by atoms with E-state index in [1.165, 1.54) is 31.3 Å². The van der Waals surface area contributed by atoms with E-state index in [2.05, 4.69) is 15.3 Å². The van der Waals surface area contributed by atoms with E-state index in [4.69, 9.17) is 17.3 Å². The summed E-state index contributed by atoms with van der Waals surface area (Å²) in [5.74, 6) is -0.152. The van der Waals surface area contributed by atoms with Crippen molar-refractivity contribution in [3.63, 3.8) is 0 Å². The fourth-order valence-electron chi connectivity index (χ4n) is 1.58. The third-order valence-electron chi connectivity index (χ3n) is 2.57. The molecule has 10 nitrogen and oxygen atoms in total. The number of nitrogens with one attached hydrogen (secondary N) is 3. The first-order valence-electron chi connectivity index (χ1n) is 6.25. The highest BCUT2D eigenvalue weighted by atomic mass is 35.5. The molecule has 0 aliphatic carbocycles. The van der Waals surface area contributed by atoms with Crippen LogP contribution in [-0.4, -0.2) is 33.9 Å². The highest BCUT2D eigenvalue weighted by Gasteiger charge is 2.23. The summed E-state index contributed by atoms with van der Waals surface area (Å²) in [4.78, 5) is 7.31. The van der Waals surface area contributed by atoms with Crippen LogP contribution in [0.4, 0.5) is 17.5 Å². The van der Waals surface area contributed by atoms with Crippen molar-refractivity contribution in [1.29, 1.82) is 0 Å². The van der Waals surface area contributed by atoms with Crippen LogP contribution in [0.15, 0.2) is 35.2 Å². The molecule has 0 unspecified atom stereocenters. The van der Waals surface area contributed by atoms with Crippen LogP contribution in [-0.2, 0) is 20.2 Å². The van der Waals surface area contributed by atoms with Gasteiger partial charge < -0.3 is 11.1 Å². The molecule has 1 aromatic heterocycles. The summed E-state index contributed by atoms with van der Waals surface area (Å²) < 4.78 is 51.7. The molecule has 0 saturated carbocycles. The minimum absolute atomic E-state index is 0.0339. The number of aromatic nitrogens is 2. The van der Waals surface area contributed by atoms with Gasteiger partial charge in [-0.05, 0) is 24.3 Å². The molecule has 0 atom stereocenters. The molecule has 0 bridgehead atoms. The molecular formula is C11H13ClN6O4S2. The lowest BCUT2D eigenvalue weighted by Crippen LogP contribution is -2.35. The van der Waals surface area contributed by atoms with E-state index in [0.29, 0.717) is 5.69 Å². The molecule has 24 heavy (non-hydrogen) atoms. The van der Waals surface area contributed by atoms with Crippen molar-refractivity contribution in [2.75, 3.05) is 22.8 Å². The minimum Gasteiger partial charge on any atom is -0.399 e. The lowest BCUT2D eigenvalue weighted by atomic mass is 10.3. The Morgan fingerprint density at radius 3 is 2.29 bits per heavy atom. The second-order valence-corrected chi connectivity index (χ2v) is 8.15. The summed E-state index contributed by atoms with van der Waals surface area (Å²) >= 11 is 5.72. The molecule has 0 amide bonds. The van der Waals surface area contributed by atoms with Gasteiger partial charge in [0.05, 0.1) is 4.90 Å². The Balaban J connectivity index is 2.25. The molecule has 1 heterocycles. The van der Waals surface area contributed by atoms with Crippen molar-refractivity contribution in [2.24, 2.45) is 0 Å². The summed E-state index contributed by atoms with van der Waals surface area (Å²) in [7, 11) is -7.31. The van der Waals surface area contributed by atoms with Gasteiger partial charge in [0.25, 0.3) is 10.0 Å². The van der Waals surface area contributed by atoms with E-state index in [-0.39, 0.29) is 21.8 Å². The number of halogens is 1. The van der Waals surface area contributed by atoms with E-state index in [1.54, 1.807) is 4.13 Å². The fourth-order valence-corrected chi connectivity index (χ4v) is 4.34. The van der Waals surface area contributed by atoms with Gasteiger partial charge in [0.15, 0.2) is 0 Å². The minimum atomic E-state index is -4.49. The second kappa shape index (κ2) is 6.76. The highest BCUT2D eigenvalue weighted by Crippen LogP contribution is 2.16. The van der Waals surface area contributed by atoms with Crippen LogP contribution in [0.2, 0.25) is 5.15 Å². The topological polar surface area (TPSA) is 156 Å². The van der Waals surface area contributed by atoms with Crippen molar-refractivity contribution in [2.45, 2.75) is 4.90 Å². The number of nitrogens with two attached hydrogens (primary N) is 1. The van der Waals surface area contributed by atoms with Crippen LogP contribution in [0.1, 0.15) is 0 Å². The van der Waals surface area contributed by atoms with Crippen molar-refractivity contribution in [3.8, 4) is 0 Å². The number of sulfonamides is 1. The summed E-state index contributed by atoms with van der Waals surface area (Å²) in [5, 5.41) is 2.55. The molecule has 2 rings (SSSR count). The number of hydrogen-bond acceptors (Lipinski definition) is 8. The van der Waals surface area contributed by atoms with E-state index in [0.717, 1.165) is 6.07 Å². The van der Waals surface area contributed by atoms with E-state index in [1.807, 2.05) is 4.72 Å². The smallest absolute Gasteiger partial charge is 0.313 e. The number of nitrogen functional groups attached to an aromatic ring is 1. The molecule has 130 valence electrons. The predicted molar refractivity (Wildman–Crippen MR) is 90.3 cm³/mol. The average Bonchev–Trinajstić information content (AvgIpc) is 2.45. The molecule has 5 N–H and O–H groups in total. The van der Waals surface area contributed by atoms with Crippen LogP contribution in [0.25, 0.3) is 0 Å². The summed E-state index contributed by atoms with van der Waals surface area (Å²) in [5.41, 5.74) is 5.80. The first kappa shape index (κ1) is 18.2. The van der Waals surface area contributed by atoms with Gasteiger partial charge in [-0.15, -0.1) is 0 Å². The lowest BCUT2D eigenvalue weighted by Gasteiger charge is -2.10.